The Balaban J connectivity index is 1.64. The summed E-state index contributed by atoms with van der Waals surface area (Å²) >= 11 is 0. The van der Waals surface area contributed by atoms with E-state index in [4.69, 9.17) is 4.42 Å². The van der Waals surface area contributed by atoms with Crippen molar-refractivity contribution in [3.63, 3.8) is 0 Å². The third-order valence-electron chi connectivity index (χ3n) is 4.24. The highest BCUT2D eigenvalue weighted by molar-refractivity contribution is 5.93. The van der Waals surface area contributed by atoms with Crippen LogP contribution in [0.2, 0.25) is 0 Å². The van der Waals surface area contributed by atoms with Gasteiger partial charge in [0.25, 0.3) is 5.91 Å². The van der Waals surface area contributed by atoms with Gasteiger partial charge in [-0.3, -0.25) is 9.78 Å². The van der Waals surface area contributed by atoms with E-state index in [9.17, 15) is 4.79 Å². The lowest BCUT2D eigenvalue weighted by atomic mass is 10.2. The predicted octanol–water partition coefficient (Wildman–Crippen LogP) is 1.74. The Morgan fingerprint density at radius 3 is 3.04 bits per heavy atom. The van der Waals surface area contributed by atoms with Crippen LogP contribution in [-0.4, -0.2) is 49.0 Å². The van der Waals surface area contributed by atoms with Crippen LogP contribution in [0.1, 0.15) is 22.7 Å². The van der Waals surface area contributed by atoms with Crippen molar-refractivity contribution in [1.29, 1.82) is 0 Å². The average Bonchev–Trinajstić information content (AvgIpc) is 3.24. The maximum atomic E-state index is 12.2. The third-order valence-corrected chi connectivity index (χ3v) is 4.24. The zero-order chi connectivity index (χ0) is 16.2. The molecule has 1 amide bonds. The molecule has 1 N–H and O–H groups in total. The number of pyridine rings is 1. The van der Waals surface area contributed by atoms with Gasteiger partial charge in [-0.25, -0.2) is 0 Å². The number of likely N-dealkylation sites (N-methyl/N-ethyl adjacent to an activating group) is 1. The van der Waals surface area contributed by atoms with Gasteiger partial charge >= 0.3 is 0 Å². The summed E-state index contributed by atoms with van der Waals surface area (Å²) in [4.78, 5) is 21.0. The number of hydrogen-bond donors (Lipinski definition) is 1. The van der Waals surface area contributed by atoms with Crippen molar-refractivity contribution < 1.29 is 9.21 Å². The number of anilines is 1. The zero-order valence-electron chi connectivity index (χ0n) is 13.5. The number of nitrogens with zero attached hydrogens (tertiary/aromatic N) is 3. The maximum Gasteiger partial charge on any atom is 0.270 e. The zero-order valence-corrected chi connectivity index (χ0v) is 13.5. The number of hydrogen-bond acceptors (Lipinski definition) is 5. The van der Waals surface area contributed by atoms with E-state index < -0.39 is 0 Å². The first-order valence-corrected chi connectivity index (χ1v) is 7.81. The number of amides is 1. The number of carbonyl (C=O) groups excluding carboxylic acids is 1. The summed E-state index contributed by atoms with van der Waals surface area (Å²) in [6.07, 6.45) is 4.42. The van der Waals surface area contributed by atoms with E-state index in [1.165, 1.54) is 0 Å². The molecule has 2 aromatic rings. The Morgan fingerprint density at radius 1 is 1.48 bits per heavy atom. The first-order chi connectivity index (χ1) is 11.1. The smallest absolute Gasteiger partial charge is 0.270 e. The summed E-state index contributed by atoms with van der Waals surface area (Å²) in [5.74, 6) is 0.537. The topological polar surface area (TPSA) is 61.6 Å². The Bertz CT molecular complexity index is 654. The molecule has 0 bridgehead atoms. The second-order valence-electron chi connectivity index (χ2n) is 6.01. The van der Waals surface area contributed by atoms with Gasteiger partial charge in [-0.1, -0.05) is 0 Å². The van der Waals surface area contributed by atoms with Gasteiger partial charge in [-0.15, -0.1) is 0 Å². The number of aromatic nitrogens is 1. The summed E-state index contributed by atoms with van der Waals surface area (Å²) in [5, 5.41) is 2.82. The van der Waals surface area contributed by atoms with Crippen molar-refractivity contribution in [2.75, 3.05) is 32.1 Å². The van der Waals surface area contributed by atoms with E-state index in [0.717, 1.165) is 31.0 Å². The van der Waals surface area contributed by atoms with Crippen LogP contribution in [0, 0.1) is 0 Å². The normalized spacial score (nSPS) is 17.7. The number of nitrogens with one attached hydrogen (secondary N) is 1. The van der Waals surface area contributed by atoms with Crippen LogP contribution in [0.4, 0.5) is 5.69 Å². The molecule has 6 heteroatoms. The molecule has 1 atom stereocenters. The molecule has 1 aliphatic rings. The Labute approximate surface area is 136 Å². The van der Waals surface area contributed by atoms with Crippen LogP contribution in [0.15, 0.2) is 41.1 Å². The molecule has 0 unspecified atom stereocenters. The molecule has 23 heavy (non-hydrogen) atoms. The number of rotatable bonds is 5. The van der Waals surface area contributed by atoms with E-state index in [0.29, 0.717) is 18.3 Å². The lowest BCUT2D eigenvalue weighted by Gasteiger charge is -2.22. The maximum absolute atomic E-state index is 12.2. The molecule has 0 aliphatic carbocycles. The fourth-order valence-electron chi connectivity index (χ4n) is 2.81. The number of furan rings is 1. The summed E-state index contributed by atoms with van der Waals surface area (Å²) in [6, 6.07) is 8.00. The van der Waals surface area contributed by atoms with Crippen molar-refractivity contribution in [3.05, 3.63) is 48.2 Å². The molecule has 0 saturated carbocycles. The monoisotopic (exact) mass is 314 g/mol. The lowest BCUT2D eigenvalue weighted by Crippen LogP contribution is -2.31. The standard InChI is InChI=1S/C17H22N4O2/c1-20(2)14-6-8-21(12-14)13-5-7-18-16(10-13)17(22)19-11-15-4-3-9-23-15/h3-5,7,9-10,14H,6,8,11-12H2,1-2H3,(H,19,22)/t14-/m0/s1. The summed E-state index contributed by atoms with van der Waals surface area (Å²) < 4.78 is 5.21. The largest absolute Gasteiger partial charge is 0.467 e. The van der Waals surface area contributed by atoms with Crippen LogP contribution in [0.3, 0.4) is 0 Å². The van der Waals surface area contributed by atoms with Gasteiger partial charge < -0.3 is 19.5 Å². The Hall–Kier alpha value is -2.34. The second-order valence-corrected chi connectivity index (χ2v) is 6.01. The first-order valence-electron chi connectivity index (χ1n) is 7.81. The van der Waals surface area contributed by atoms with Gasteiger partial charge in [0.05, 0.1) is 12.8 Å². The molecule has 3 rings (SSSR count). The molecule has 0 spiro atoms. The van der Waals surface area contributed by atoms with E-state index in [1.54, 1.807) is 18.5 Å². The Morgan fingerprint density at radius 2 is 2.35 bits per heavy atom. The SMILES string of the molecule is CN(C)[C@H]1CCN(c2ccnc(C(=O)NCc3ccco3)c2)C1. The molecule has 1 saturated heterocycles. The van der Waals surface area contributed by atoms with Gasteiger partial charge in [0, 0.05) is 31.0 Å². The minimum atomic E-state index is -0.188. The van der Waals surface area contributed by atoms with Crippen molar-refractivity contribution in [3.8, 4) is 0 Å². The van der Waals surface area contributed by atoms with Crippen LogP contribution in [-0.2, 0) is 6.54 Å². The third kappa shape index (κ3) is 3.71. The van der Waals surface area contributed by atoms with Gasteiger partial charge in [0.1, 0.15) is 11.5 Å². The van der Waals surface area contributed by atoms with Crippen LogP contribution in [0.25, 0.3) is 0 Å². The predicted molar refractivity (Wildman–Crippen MR) is 88.4 cm³/mol. The minimum Gasteiger partial charge on any atom is -0.467 e. The molecule has 0 radical (unpaired) electrons. The average molecular weight is 314 g/mol. The van der Waals surface area contributed by atoms with E-state index >= 15 is 0 Å². The lowest BCUT2D eigenvalue weighted by molar-refractivity contribution is 0.0943. The van der Waals surface area contributed by atoms with Crippen molar-refractivity contribution in [1.82, 2.24) is 15.2 Å². The van der Waals surface area contributed by atoms with Gasteiger partial charge in [-0.05, 0) is 44.8 Å². The summed E-state index contributed by atoms with van der Waals surface area (Å²) in [7, 11) is 4.21. The first kappa shape index (κ1) is 15.6. The molecule has 2 aromatic heterocycles. The molecule has 6 nitrogen and oxygen atoms in total. The molecular formula is C17H22N4O2. The summed E-state index contributed by atoms with van der Waals surface area (Å²) in [5.41, 5.74) is 1.48. The van der Waals surface area contributed by atoms with Crippen molar-refractivity contribution >= 4 is 11.6 Å². The second kappa shape index (κ2) is 6.83. The van der Waals surface area contributed by atoms with Crippen molar-refractivity contribution in [2.24, 2.45) is 0 Å². The fraction of sp³-hybridized carbons (Fsp3) is 0.412. The van der Waals surface area contributed by atoms with Crippen LogP contribution < -0.4 is 10.2 Å². The highest BCUT2D eigenvalue weighted by Crippen LogP contribution is 2.22. The minimum absolute atomic E-state index is 0.188. The molecule has 1 fully saturated rings. The van der Waals surface area contributed by atoms with E-state index in [1.807, 2.05) is 18.2 Å². The van der Waals surface area contributed by atoms with Gasteiger partial charge in [-0.2, -0.15) is 0 Å². The summed E-state index contributed by atoms with van der Waals surface area (Å²) in [6.45, 7) is 2.34. The molecule has 1 aliphatic heterocycles. The number of carbonyl (C=O) groups is 1. The van der Waals surface area contributed by atoms with E-state index in [2.05, 4.69) is 34.2 Å². The van der Waals surface area contributed by atoms with Crippen LogP contribution in [0.5, 0.6) is 0 Å². The highest BCUT2D eigenvalue weighted by atomic mass is 16.3. The Kier molecular flexibility index (Phi) is 4.62. The molecular weight excluding hydrogens is 292 g/mol. The quantitative estimate of drug-likeness (QED) is 0.911. The molecule has 0 aromatic carbocycles. The fourth-order valence-corrected chi connectivity index (χ4v) is 2.81. The van der Waals surface area contributed by atoms with Gasteiger partial charge in [0.15, 0.2) is 0 Å². The highest BCUT2D eigenvalue weighted by Gasteiger charge is 2.24. The molecule has 3 heterocycles. The van der Waals surface area contributed by atoms with Crippen molar-refractivity contribution in [2.45, 2.75) is 19.0 Å². The van der Waals surface area contributed by atoms with Gasteiger partial charge in [0.2, 0.25) is 0 Å². The van der Waals surface area contributed by atoms with E-state index in [-0.39, 0.29) is 5.91 Å². The van der Waals surface area contributed by atoms with Crippen LogP contribution >= 0.6 is 0 Å². The molecule has 122 valence electrons.